The molecule has 2 N–H and O–H groups in total. The average molecular weight is 287 g/mol. The molecule has 1 heterocycles. The first kappa shape index (κ1) is 15.1. The highest BCUT2D eigenvalue weighted by Gasteiger charge is 2.16. The number of carbonyl (C=O) groups is 1. The molecule has 0 bridgehead atoms. The Balaban J connectivity index is 2.20. The van der Waals surface area contributed by atoms with E-state index in [-0.39, 0.29) is 22.8 Å². The van der Waals surface area contributed by atoms with Crippen molar-refractivity contribution in [2.75, 3.05) is 5.32 Å². The van der Waals surface area contributed by atoms with E-state index >= 15 is 0 Å². The SMILES string of the molecule is CCc1ccc(O)c(C(=O)Nc2cnn(C(C)(C)C)c2)c1. The molecule has 0 fully saturated rings. The van der Waals surface area contributed by atoms with Gasteiger partial charge in [0.2, 0.25) is 0 Å². The van der Waals surface area contributed by atoms with Crippen LogP contribution in [-0.2, 0) is 12.0 Å². The van der Waals surface area contributed by atoms with Crippen LogP contribution in [-0.4, -0.2) is 20.8 Å². The number of rotatable bonds is 3. The molecule has 0 saturated carbocycles. The first-order chi connectivity index (χ1) is 9.81. The van der Waals surface area contributed by atoms with Crippen LogP contribution in [0, 0.1) is 0 Å². The highest BCUT2D eigenvalue weighted by Crippen LogP contribution is 2.21. The molecule has 0 radical (unpaired) electrons. The van der Waals surface area contributed by atoms with Crippen molar-refractivity contribution >= 4 is 11.6 Å². The van der Waals surface area contributed by atoms with E-state index in [0.29, 0.717) is 5.69 Å². The van der Waals surface area contributed by atoms with E-state index in [9.17, 15) is 9.90 Å². The Morgan fingerprint density at radius 2 is 2.10 bits per heavy atom. The van der Waals surface area contributed by atoms with Gasteiger partial charge >= 0.3 is 0 Å². The topological polar surface area (TPSA) is 67.2 Å². The Bertz CT molecular complexity index is 654. The fraction of sp³-hybridized carbons (Fsp3) is 0.375. The number of carbonyl (C=O) groups excluding carboxylic acids is 1. The lowest BCUT2D eigenvalue weighted by Crippen LogP contribution is -2.22. The fourth-order valence-electron chi connectivity index (χ4n) is 1.94. The molecule has 0 unspecified atom stereocenters. The van der Waals surface area contributed by atoms with Crippen LogP contribution >= 0.6 is 0 Å². The summed E-state index contributed by atoms with van der Waals surface area (Å²) < 4.78 is 1.78. The summed E-state index contributed by atoms with van der Waals surface area (Å²) in [7, 11) is 0. The van der Waals surface area contributed by atoms with Crippen molar-refractivity contribution in [3.63, 3.8) is 0 Å². The van der Waals surface area contributed by atoms with Crippen LogP contribution in [0.25, 0.3) is 0 Å². The Kier molecular flexibility index (Phi) is 4.02. The number of anilines is 1. The Morgan fingerprint density at radius 3 is 2.67 bits per heavy atom. The summed E-state index contributed by atoms with van der Waals surface area (Å²) >= 11 is 0. The van der Waals surface area contributed by atoms with Gasteiger partial charge in [-0.2, -0.15) is 5.10 Å². The van der Waals surface area contributed by atoms with Crippen molar-refractivity contribution in [1.29, 1.82) is 0 Å². The van der Waals surface area contributed by atoms with Gasteiger partial charge in [-0.1, -0.05) is 13.0 Å². The Labute approximate surface area is 124 Å². The number of aromatic hydroxyl groups is 1. The number of amides is 1. The molecule has 1 aromatic carbocycles. The summed E-state index contributed by atoms with van der Waals surface area (Å²) in [6.07, 6.45) is 4.19. The van der Waals surface area contributed by atoms with E-state index in [2.05, 4.69) is 10.4 Å². The minimum Gasteiger partial charge on any atom is -0.507 e. The largest absolute Gasteiger partial charge is 0.507 e. The zero-order valence-corrected chi connectivity index (χ0v) is 12.8. The van der Waals surface area contributed by atoms with Crippen LogP contribution < -0.4 is 5.32 Å². The molecule has 112 valence electrons. The molecule has 0 spiro atoms. The summed E-state index contributed by atoms with van der Waals surface area (Å²) in [5, 5.41) is 16.8. The zero-order valence-electron chi connectivity index (χ0n) is 12.8. The normalized spacial score (nSPS) is 11.4. The van der Waals surface area contributed by atoms with Crippen LogP contribution in [0.3, 0.4) is 0 Å². The Morgan fingerprint density at radius 1 is 1.38 bits per heavy atom. The lowest BCUT2D eigenvalue weighted by Gasteiger charge is -2.18. The maximum atomic E-state index is 12.3. The molecule has 0 saturated heterocycles. The minimum absolute atomic E-state index is 0.0205. The highest BCUT2D eigenvalue weighted by molar-refractivity contribution is 6.06. The van der Waals surface area contributed by atoms with Gasteiger partial charge in [-0.3, -0.25) is 9.48 Å². The molecule has 5 heteroatoms. The second kappa shape index (κ2) is 5.60. The van der Waals surface area contributed by atoms with Crippen molar-refractivity contribution in [3.8, 4) is 5.75 Å². The van der Waals surface area contributed by atoms with Crippen LogP contribution in [0.5, 0.6) is 5.75 Å². The number of hydrogen-bond acceptors (Lipinski definition) is 3. The van der Waals surface area contributed by atoms with Gasteiger partial charge in [-0.05, 0) is 44.9 Å². The van der Waals surface area contributed by atoms with Crippen molar-refractivity contribution in [3.05, 3.63) is 41.7 Å². The van der Waals surface area contributed by atoms with E-state index in [0.717, 1.165) is 12.0 Å². The highest BCUT2D eigenvalue weighted by atomic mass is 16.3. The van der Waals surface area contributed by atoms with Crippen molar-refractivity contribution in [1.82, 2.24) is 9.78 Å². The van der Waals surface area contributed by atoms with Gasteiger partial charge in [0, 0.05) is 6.20 Å². The average Bonchev–Trinajstić information content (AvgIpc) is 2.87. The number of nitrogens with one attached hydrogen (secondary N) is 1. The smallest absolute Gasteiger partial charge is 0.259 e. The number of benzene rings is 1. The molecular formula is C16H21N3O2. The van der Waals surface area contributed by atoms with Crippen molar-refractivity contribution < 1.29 is 9.90 Å². The fourth-order valence-corrected chi connectivity index (χ4v) is 1.94. The van der Waals surface area contributed by atoms with Crippen molar-refractivity contribution in [2.45, 2.75) is 39.7 Å². The van der Waals surface area contributed by atoms with Crippen LogP contribution in [0.15, 0.2) is 30.6 Å². The number of phenols is 1. The third-order valence-corrected chi connectivity index (χ3v) is 3.24. The van der Waals surface area contributed by atoms with E-state index < -0.39 is 0 Å². The first-order valence-electron chi connectivity index (χ1n) is 6.99. The van der Waals surface area contributed by atoms with Gasteiger partial charge in [0.15, 0.2) is 0 Å². The maximum Gasteiger partial charge on any atom is 0.259 e. The quantitative estimate of drug-likeness (QED) is 0.911. The van der Waals surface area contributed by atoms with E-state index in [4.69, 9.17) is 0 Å². The molecule has 21 heavy (non-hydrogen) atoms. The molecule has 1 amide bonds. The van der Waals surface area contributed by atoms with Crippen LogP contribution in [0.2, 0.25) is 0 Å². The summed E-state index contributed by atoms with van der Waals surface area (Å²) in [4.78, 5) is 12.3. The molecule has 2 rings (SSSR count). The molecule has 5 nitrogen and oxygen atoms in total. The number of aryl methyl sites for hydroxylation is 1. The summed E-state index contributed by atoms with van der Waals surface area (Å²) in [6, 6.07) is 5.06. The van der Waals surface area contributed by atoms with E-state index in [1.165, 1.54) is 0 Å². The van der Waals surface area contributed by atoms with E-state index in [1.807, 2.05) is 33.8 Å². The number of hydrogen-bond donors (Lipinski definition) is 2. The third-order valence-electron chi connectivity index (χ3n) is 3.24. The van der Waals surface area contributed by atoms with E-state index in [1.54, 1.807) is 29.2 Å². The Hall–Kier alpha value is -2.30. The second-order valence-corrected chi connectivity index (χ2v) is 6.00. The van der Waals surface area contributed by atoms with Gasteiger partial charge in [-0.15, -0.1) is 0 Å². The standard InChI is InChI=1S/C16H21N3O2/c1-5-11-6-7-14(20)13(8-11)15(21)18-12-9-17-19(10-12)16(2,3)4/h6-10,20H,5H2,1-4H3,(H,18,21). The van der Waals surface area contributed by atoms with Gasteiger partial charge in [0.1, 0.15) is 5.75 Å². The number of aromatic nitrogens is 2. The second-order valence-electron chi connectivity index (χ2n) is 6.00. The number of nitrogens with zero attached hydrogens (tertiary/aromatic N) is 2. The third kappa shape index (κ3) is 3.42. The monoisotopic (exact) mass is 287 g/mol. The minimum atomic E-state index is -0.337. The molecule has 0 aliphatic carbocycles. The van der Waals surface area contributed by atoms with Crippen LogP contribution in [0.4, 0.5) is 5.69 Å². The van der Waals surface area contributed by atoms with Gasteiger partial charge < -0.3 is 10.4 Å². The van der Waals surface area contributed by atoms with Crippen LogP contribution in [0.1, 0.15) is 43.6 Å². The molecule has 0 atom stereocenters. The molecule has 0 aliphatic heterocycles. The first-order valence-corrected chi connectivity index (χ1v) is 6.99. The summed E-state index contributed by atoms with van der Waals surface area (Å²) in [5.74, 6) is -0.357. The molecular weight excluding hydrogens is 266 g/mol. The maximum absolute atomic E-state index is 12.3. The van der Waals surface area contributed by atoms with Gasteiger partial charge in [0.25, 0.3) is 5.91 Å². The lowest BCUT2D eigenvalue weighted by atomic mass is 10.1. The zero-order chi connectivity index (χ0) is 15.6. The predicted octanol–water partition coefficient (Wildman–Crippen LogP) is 3.16. The summed E-state index contributed by atoms with van der Waals surface area (Å²) in [6.45, 7) is 8.09. The van der Waals surface area contributed by atoms with Crippen molar-refractivity contribution in [2.24, 2.45) is 0 Å². The van der Waals surface area contributed by atoms with Gasteiger partial charge in [-0.25, -0.2) is 0 Å². The van der Waals surface area contributed by atoms with Gasteiger partial charge in [0.05, 0.1) is 23.0 Å². The molecule has 1 aromatic heterocycles. The lowest BCUT2D eigenvalue weighted by molar-refractivity contribution is 0.102. The molecule has 2 aromatic rings. The number of phenolic OH excluding ortho intramolecular Hbond substituents is 1. The molecule has 0 aliphatic rings. The predicted molar refractivity (Wildman–Crippen MR) is 82.7 cm³/mol. The summed E-state index contributed by atoms with van der Waals surface area (Å²) in [5.41, 5.74) is 1.74.